The van der Waals surface area contributed by atoms with Crippen LogP contribution in [-0.2, 0) is 6.54 Å². The van der Waals surface area contributed by atoms with Gasteiger partial charge in [0, 0.05) is 17.3 Å². The molecule has 2 aromatic rings. The van der Waals surface area contributed by atoms with E-state index in [-0.39, 0.29) is 5.56 Å². The third-order valence-electron chi connectivity index (χ3n) is 2.65. The Hall–Kier alpha value is -2.20. The first kappa shape index (κ1) is 13.2. The van der Waals surface area contributed by atoms with Crippen LogP contribution < -0.4 is 11.1 Å². The maximum absolute atomic E-state index is 11.1. The SMILES string of the molecule is Nc1ccc(C(=O)O)c(NCc2cccc(Cl)c2)c1. The van der Waals surface area contributed by atoms with Crippen molar-refractivity contribution >= 4 is 28.9 Å². The molecule has 5 heteroatoms. The van der Waals surface area contributed by atoms with Gasteiger partial charge in [-0.25, -0.2) is 4.79 Å². The van der Waals surface area contributed by atoms with E-state index in [2.05, 4.69) is 5.32 Å². The van der Waals surface area contributed by atoms with E-state index in [1.54, 1.807) is 18.2 Å². The summed E-state index contributed by atoms with van der Waals surface area (Å²) >= 11 is 5.89. The molecule has 0 radical (unpaired) electrons. The maximum atomic E-state index is 11.1. The lowest BCUT2D eigenvalue weighted by Crippen LogP contribution is -2.07. The van der Waals surface area contributed by atoms with Crippen LogP contribution in [0.4, 0.5) is 11.4 Å². The quantitative estimate of drug-likeness (QED) is 0.750. The van der Waals surface area contributed by atoms with Crippen molar-refractivity contribution in [1.82, 2.24) is 0 Å². The molecule has 0 aliphatic rings. The standard InChI is InChI=1S/C14H13ClN2O2/c15-10-3-1-2-9(6-10)8-17-13-7-11(16)4-5-12(13)14(18)19/h1-7,17H,8,16H2,(H,18,19). The number of nitrogens with two attached hydrogens (primary N) is 1. The molecule has 4 nitrogen and oxygen atoms in total. The number of nitrogens with one attached hydrogen (secondary N) is 1. The Morgan fingerprint density at radius 2 is 2.05 bits per heavy atom. The van der Waals surface area contributed by atoms with Gasteiger partial charge >= 0.3 is 5.97 Å². The zero-order valence-corrected chi connectivity index (χ0v) is 10.8. The van der Waals surface area contributed by atoms with Crippen LogP contribution in [0.25, 0.3) is 0 Å². The van der Waals surface area contributed by atoms with Crippen LogP contribution in [0, 0.1) is 0 Å². The zero-order valence-electron chi connectivity index (χ0n) is 10.1. The van der Waals surface area contributed by atoms with Gasteiger partial charge in [-0.1, -0.05) is 23.7 Å². The number of hydrogen-bond acceptors (Lipinski definition) is 3. The second kappa shape index (κ2) is 5.63. The molecule has 0 fully saturated rings. The topological polar surface area (TPSA) is 75.4 Å². The van der Waals surface area contributed by atoms with Gasteiger partial charge in [-0.3, -0.25) is 0 Å². The van der Waals surface area contributed by atoms with Crippen LogP contribution in [0.3, 0.4) is 0 Å². The predicted molar refractivity (Wildman–Crippen MR) is 76.6 cm³/mol. The van der Waals surface area contributed by atoms with Crippen LogP contribution in [0.5, 0.6) is 0 Å². The molecule has 0 atom stereocenters. The third-order valence-corrected chi connectivity index (χ3v) is 2.88. The number of aromatic carboxylic acids is 1. The normalized spacial score (nSPS) is 10.2. The van der Waals surface area contributed by atoms with Gasteiger partial charge in [0.15, 0.2) is 0 Å². The molecule has 4 N–H and O–H groups in total. The summed E-state index contributed by atoms with van der Waals surface area (Å²) in [5, 5.41) is 12.8. The first-order valence-corrected chi connectivity index (χ1v) is 6.05. The highest BCUT2D eigenvalue weighted by molar-refractivity contribution is 6.30. The largest absolute Gasteiger partial charge is 0.478 e. The summed E-state index contributed by atoms with van der Waals surface area (Å²) in [6.45, 7) is 0.476. The van der Waals surface area contributed by atoms with Crippen LogP contribution in [0.2, 0.25) is 5.02 Å². The fourth-order valence-electron chi connectivity index (χ4n) is 1.74. The van der Waals surface area contributed by atoms with Crippen LogP contribution in [0.1, 0.15) is 15.9 Å². The van der Waals surface area contributed by atoms with E-state index in [1.165, 1.54) is 6.07 Å². The number of hydrogen-bond donors (Lipinski definition) is 3. The Kier molecular flexibility index (Phi) is 3.92. The second-order valence-electron chi connectivity index (χ2n) is 4.09. The number of anilines is 2. The van der Waals surface area contributed by atoms with Crippen LogP contribution >= 0.6 is 11.6 Å². The fraction of sp³-hybridized carbons (Fsp3) is 0.0714. The highest BCUT2D eigenvalue weighted by atomic mass is 35.5. The first-order valence-electron chi connectivity index (χ1n) is 5.67. The molecule has 0 unspecified atom stereocenters. The number of nitrogen functional groups attached to an aromatic ring is 1. The van der Waals surface area contributed by atoms with Crippen LogP contribution in [0.15, 0.2) is 42.5 Å². The average Bonchev–Trinajstić information content (AvgIpc) is 2.36. The van der Waals surface area contributed by atoms with E-state index >= 15 is 0 Å². The van der Waals surface area contributed by atoms with Crippen LogP contribution in [-0.4, -0.2) is 11.1 Å². The summed E-state index contributed by atoms with van der Waals surface area (Å²) in [6, 6.07) is 12.0. The molecule has 0 aliphatic heterocycles. The summed E-state index contributed by atoms with van der Waals surface area (Å²) in [5.74, 6) is -0.992. The van der Waals surface area contributed by atoms with Gasteiger partial charge in [0.2, 0.25) is 0 Å². The van der Waals surface area contributed by atoms with E-state index in [9.17, 15) is 4.79 Å². The van der Waals surface area contributed by atoms with Gasteiger partial charge in [0.25, 0.3) is 0 Å². The summed E-state index contributed by atoms with van der Waals surface area (Å²) in [6.07, 6.45) is 0. The lowest BCUT2D eigenvalue weighted by molar-refractivity contribution is 0.0698. The van der Waals surface area contributed by atoms with Crippen molar-refractivity contribution < 1.29 is 9.90 Å². The minimum absolute atomic E-state index is 0.191. The minimum Gasteiger partial charge on any atom is -0.478 e. The number of halogens is 1. The fourth-order valence-corrected chi connectivity index (χ4v) is 1.95. The van der Waals surface area contributed by atoms with Crippen molar-refractivity contribution in [2.75, 3.05) is 11.1 Å². The number of carbonyl (C=O) groups is 1. The highest BCUT2D eigenvalue weighted by Crippen LogP contribution is 2.20. The Bertz CT molecular complexity index is 614. The van der Waals surface area contributed by atoms with Gasteiger partial charge in [-0.05, 0) is 35.9 Å². The lowest BCUT2D eigenvalue weighted by Gasteiger charge is -2.10. The van der Waals surface area contributed by atoms with Gasteiger partial charge in [-0.2, -0.15) is 0 Å². The van der Waals surface area contributed by atoms with Gasteiger partial charge in [0.1, 0.15) is 0 Å². The van der Waals surface area contributed by atoms with Crippen molar-refractivity contribution in [2.24, 2.45) is 0 Å². The molecule has 0 heterocycles. The van der Waals surface area contributed by atoms with Crippen molar-refractivity contribution in [3.05, 3.63) is 58.6 Å². The van der Waals surface area contributed by atoms with E-state index in [0.717, 1.165) is 5.56 Å². The van der Waals surface area contributed by atoms with Gasteiger partial charge < -0.3 is 16.2 Å². The van der Waals surface area contributed by atoms with Crippen molar-refractivity contribution in [3.8, 4) is 0 Å². The summed E-state index contributed by atoms with van der Waals surface area (Å²) in [7, 11) is 0. The lowest BCUT2D eigenvalue weighted by atomic mass is 10.1. The molecule has 2 aromatic carbocycles. The van der Waals surface area contributed by atoms with E-state index in [4.69, 9.17) is 22.4 Å². The van der Waals surface area contributed by atoms with Gasteiger partial charge in [0.05, 0.1) is 11.3 Å². The monoisotopic (exact) mass is 276 g/mol. The summed E-state index contributed by atoms with van der Waals surface area (Å²) < 4.78 is 0. The number of carboxylic acid groups (broad SMARTS) is 1. The Balaban J connectivity index is 2.19. The smallest absolute Gasteiger partial charge is 0.337 e. The molecule has 0 aliphatic carbocycles. The van der Waals surface area contributed by atoms with Crippen molar-refractivity contribution in [3.63, 3.8) is 0 Å². The molecule has 0 saturated carbocycles. The second-order valence-corrected chi connectivity index (χ2v) is 4.53. The molecule has 98 valence electrons. The number of rotatable bonds is 4. The highest BCUT2D eigenvalue weighted by Gasteiger charge is 2.09. The molecule has 19 heavy (non-hydrogen) atoms. The van der Waals surface area contributed by atoms with E-state index in [0.29, 0.717) is 22.9 Å². The average molecular weight is 277 g/mol. The first-order chi connectivity index (χ1) is 9.06. The Labute approximate surface area is 115 Å². The molecular formula is C14H13ClN2O2. The summed E-state index contributed by atoms with van der Waals surface area (Å²) in [4.78, 5) is 11.1. The maximum Gasteiger partial charge on any atom is 0.337 e. The molecule has 0 spiro atoms. The molecule has 0 aromatic heterocycles. The zero-order chi connectivity index (χ0) is 13.8. The van der Waals surface area contributed by atoms with E-state index < -0.39 is 5.97 Å². The van der Waals surface area contributed by atoms with Crippen molar-refractivity contribution in [2.45, 2.75) is 6.54 Å². The Morgan fingerprint density at radius 1 is 1.26 bits per heavy atom. The number of carboxylic acids is 1. The van der Waals surface area contributed by atoms with Crippen molar-refractivity contribution in [1.29, 1.82) is 0 Å². The molecule has 0 amide bonds. The minimum atomic E-state index is -0.992. The molecule has 0 saturated heterocycles. The molecule has 2 rings (SSSR count). The van der Waals surface area contributed by atoms with Gasteiger partial charge in [-0.15, -0.1) is 0 Å². The molecule has 0 bridgehead atoms. The number of benzene rings is 2. The molecular weight excluding hydrogens is 264 g/mol. The predicted octanol–water partition coefficient (Wildman–Crippen LogP) is 3.23. The Morgan fingerprint density at radius 3 is 2.74 bits per heavy atom. The summed E-state index contributed by atoms with van der Waals surface area (Å²) in [5.41, 5.74) is 7.83. The van der Waals surface area contributed by atoms with E-state index in [1.807, 2.05) is 18.2 Å². The third kappa shape index (κ3) is 3.39.